The molecule has 6 rings (SSSR count). The molecule has 2 fully saturated rings. The summed E-state index contributed by atoms with van der Waals surface area (Å²) in [6, 6.07) is 16.5. The Bertz CT molecular complexity index is 2650. The zero-order valence-electron chi connectivity index (χ0n) is 48.6. The highest BCUT2D eigenvalue weighted by Crippen LogP contribution is 2.45. The third-order valence-electron chi connectivity index (χ3n) is 17.0. The van der Waals surface area contributed by atoms with Gasteiger partial charge in [0.05, 0.1) is 52.5 Å². The highest BCUT2D eigenvalue weighted by atomic mass is 15.3. The second kappa shape index (κ2) is 25.5. The lowest BCUT2D eigenvalue weighted by molar-refractivity contribution is 0.225. The number of hydrogen-bond acceptors (Lipinski definition) is 8. The Kier molecular flexibility index (Phi) is 20.0. The minimum absolute atomic E-state index is 0.0262. The Labute approximate surface area is 449 Å². The fourth-order valence-electron chi connectivity index (χ4n) is 12.2. The van der Waals surface area contributed by atoms with Gasteiger partial charge in [0.15, 0.2) is 0 Å². The van der Waals surface area contributed by atoms with Gasteiger partial charge in [-0.3, -0.25) is 4.98 Å². The first kappa shape index (κ1) is 58.0. The van der Waals surface area contributed by atoms with Crippen molar-refractivity contribution in [2.45, 2.75) is 158 Å². The summed E-state index contributed by atoms with van der Waals surface area (Å²) in [5.41, 5.74) is 22.6. The van der Waals surface area contributed by atoms with Crippen molar-refractivity contribution in [3.63, 3.8) is 0 Å². The molecule has 3 N–H and O–H groups in total. The van der Waals surface area contributed by atoms with E-state index >= 15 is 0 Å². The van der Waals surface area contributed by atoms with E-state index in [1.165, 1.54) is 64.0 Å². The number of aryl methyl sites for hydroxylation is 2. The maximum atomic E-state index is 11.2. The third kappa shape index (κ3) is 13.6. The van der Waals surface area contributed by atoms with Crippen LogP contribution in [0.5, 0.6) is 0 Å². The number of nitriles is 1. The van der Waals surface area contributed by atoms with E-state index in [1.807, 2.05) is 0 Å². The van der Waals surface area contributed by atoms with Gasteiger partial charge in [0.1, 0.15) is 0 Å². The molecule has 402 valence electrons. The van der Waals surface area contributed by atoms with E-state index in [9.17, 15) is 5.26 Å². The van der Waals surface area contributed by atoms with Gasteiger partial charge in [-0.25, -0.2) is 0 Å². The molecule has 0 spiro atoms. The first-order valence-electron chi connectivity index (χ1n) is 28.4. The molecular formula is C65H97N9. The number of allylic oxidation sites excluding steroid dienone is 2. The van der Waals surface area contributed by atoms with Crippen LogP contribution in [0.3, 0.4) is 0 Å². The third-order valence-corrected chi connectivity index (χ3v) is 17.0. The Morgan fingerprint density at radius 2 is 1.69 bits per heavy atom. The molecule has 1 aliphatic heterocycles. The van der Waals surface area contributed by atoms with Gasteiger partial charge in [0, 0.05) is 92.9 Å². The Morgan fingerprint density at radius 3 is 2.30 bits per heavy atom. The second-order valence-electron chi connectivity index (χ2n) is 24.0. The predicted octanol–water partition coefficient (Wildman–Crippen LogP) is 13.9. The molecule has 5 unspecified atom stereocenters. The van der Waals surface area contributed by atoms with Gasteiger partial charge in [-0.15, -0.1) is 6.58 Å². The summed E-state index contributed by atoms with van der Waals surface area (Å²) in [5.74, 6) is 1.70. The Balaban J connectivity index is 1.50. The molecule has 4 aromatic rings. The van der Waals surface area contributed by atoms with E-state index in [1.54, 1.807) is 0 Å². The summed E-state index contributed by atoms with van der Waals surface area (Å²) in [6.45, 7) is 47.8. The van der Waals surface area contributed by atoms with Gasteiger partial charge >= 0.3 is 0 Å². The van der Waals surface area contributed by atoms with Crippen LogP contribution in [0.15, 0.2) is 91.6 Å². The predicted molar refractivity (Wildman–Crippen MR) is 318 cm³/mol. The van der Waals surface area contributed by atoms with Crippen molar-refractivity contribution in [2.24, 2.45) is 28.9 Å². The number of anilines is 1. The normalized spacial score (nSPS) is 17.6. The van der Waals surface area contributed by atoms with E-state index in [0.717, 1.165) is 117 Å². The number of benzene rings is 2. The average molecular weight is 1000 g/mol. The van der Waals surface area contributed by atoms with Crippen molar-refractivity contribution in [1.82, 2.24) is 29.6 Å². The van der Waals surface area contributed by atoms with Crippen LogP contribution in [0, 0.1) is 41.4 Å². The summed E-state index contributed by atoms with van der Waals surface area (Å²) in [6.07, 6.45) is 12.4. The standard InChI is InChI=1S/C65H97N9/c1-18-46(8)62-58(38-54(42-68-62)73-31-29-70(15)30-32-73)64-59(40-65(13,14)26-25-43(3)4)57-39-56(53(41-67)37-61(57)74(64)19-2)52-34-45(7)33-51(35-52)36-60(50(12)71(16)28-21-20-27-66)69-48(10)63(44(5)6)72(17)49(11)55-24-22-23-47(55)9/h33-35,37-39,42,44,46-47,55,60,63,69H,3,10-12,18-32,36,40,66H2,1-2,4-9,13-17H3. The van der Waals surface area contributed by atoms with Crippen LogP contribution in [-0.2, 0) is 19.4 Å². The number of likely N-dealkylation sites (N-methyl/N-ethyl adjacent to an activating group) is 3. The van der Waals surface area contributed by atoms with Crippen molar-refractivity contribution in [2.75, 3.05) is 65.3 Å². The number of rotatable bonds is 26. The largest absolute Gasteiger partial charge is 0.379 e. The topological polar surface area (TPSA) is 92.6 Å². The van der Waals surface area contributed by atoms with Crippen LogP contribution in [0.4, 0.5) is 5.69 Å². The number of piperazine rings is 1. The van der Waals surface area contributed by atoms with E-state index < -0.39 is 0 Å². The molecule has 9 nitrogen and oxygen atoms in total. The molecular weight excluding hydrogens is 907 g/mol. The molecule has 74 heavy (non-hydrogen) atoms. The average Bonchev–Trinajstić information content (AvgIpc) is 3.93. The summed E-state index contributed by atoms with van der Waals surface area (Å²) >= 11 is 0. The molecule has 1 saturated heterocycles. The Morgan fingerprint density at radius 1 is 0.973 bits per heavy atom. The number of fused-ring (bicyclic) bond motifs is 1. The summed E-state index contributed by atoms with van der Waals surface area (Å²) in [7, 11) is 6.58. The van der Waals surface area contributed by atoms with Crippen LogP contribution >= 0.6 is 0 Å². The minimum atomic E-state index is -0.129. The van der Waals surface area contributed by atoms with E-state index in [4.69, 9.17) is 30.5 Å². The van der Waals surface area contributed by atoms with Gasteiger partial charge in [-0.2, -0.15) is 5.26 Å². The van der Waals surface area contributed by atoms with Crippen molar-refractivity contribution in [1.29, 1.82) is 5.26 Å². The number of aromatic nitrogens is 2. The molecule has 5 atom stereocenters. The smallest absolute Gasteiger partial charge is 0.0998 e. The minimum Gasteiger partial charge on any atom is -0.379 e. The zero-order chi connectivity index (χ0) is 54.2. The summed E-state index contributed by atoms with van der Waals surface area (Å²) in [4.78, 5) is 15.0. The number of hydrogen-bond donors (Lipinski definition) is 2. The van der Waals surface area contributed by atoms with Crippen molar-refractivity contribution < 1.29 is 0 Å². The van der Waals surface area contributed by atoms with Gasteiger partial charge in [0.2, 0.25) is 0 Å². The SMILES string of the molecule is C=C(C)CCC(C)(C)Cc1c(-c2cc(N3CCN(C)CC3)cnc2C(C)CC)n(CC)c2cc(C#N)c(-c3cc(C)cc(CC(NC(=C)C(C(C)C)N(C)C(=C)C4CCCC4C)C(=C)N(C)CCCCN)c3)cc12. The molecule has 0 bridgehead atoms. The quantitative estimate of drug-likeness (QED) is 0.0475. The fraction of sp³-hybridized carbons (Fsp3) is 0.569. The first-order chi connectivity index (χ1) is 35.1. The lowest BCUT2D eigenvalue weighted by Gasteiger charge is -2.40. The van der Waals surface area contributed by atoms with E-state index in [-0.39, 0.29) is 23.4 Å². The highest BCUT2D eigenvalue weighted by molar-refractivity contribution is 5.97. The molecule has 9 heteroatoms. The van der Waals surface area contributed by atoms with Crippen molar-refractivity contribution in [3.05, 3.63) is 120 Å². The molecule has 0 amide bonds. The number of nitrogens with one attached hydrogen (secondary N) is 1. The number of nitrogens with two attached hydrogens (primary N) is 1. The second-order valence-corrected chi connectivity index (χ2v) is 24.0. The van der Waals surface area contributed by atoms with Gasteiger partial charge in [0.25, 0.3) is 0 Å². The zero-order valence-corrected chi connectivity index (χ0v) is 48.6. The van der Waals surface area contributed by atoms with Crippen LogP contribution in [0.1, 0.15) is 148 Å². The summed E-state index contributed by atoms with van der Waals surface area (Å²) in [5, 5.41) is 16.4. The molecule has 2 aliphatic rings. The van der Waals surface area contributed by atoms with Crippen LogP contribution in [0.2, 0.25) is 0 Å². The summed E-state index contributed by atoms with van der Waals surface area (Å²) < 4.78 is 2.49. The van der Waals surface area contributed by atoms with Crippen molar-refractivity contribution in [3.8, 4) is 28.5 Å². The monoisotopic (exact) mass is 1000 g/mol. The number of unbranched alkanes of at least 4 members (excludes halogenated alkanes) is 1. The molecule has 2 aromatic carbocycles. The van der Waals surface area contributed by atoms with Gasteiger partial charge in [-0.05, 0) is 144 Å². The molecule has 3 heterocycles. The molecule has 2 aromatic heterocycles. The van der Waals surface area contributed by atoms with Gasteiger partial charge in [-0.1, -0.05) is 110 Å². The van der Waals surface area contributed by atoms with E-state index in [0.29, 0.717) is 36.3 Å². The van der Waals surface area contributed by atoms with Crippen LogP contribution in [0.25, 0.3) is 33.3 Å². The number of pyridine rings is 1. The lowest BCUT2D eigenvalue weighted by atomic mass is 9.79. The highest BCUT2D eigenvalue weighted by Gasteiger charge is 2.34. The Hall–Kier alpha value is -5.30. The fourth-order valence-corrected chi connectivity index (χ4v) is 12.2. The maximum absolute atomic E-state index is 11.2. The van der Waals surface area contributed by atoms with Crippen LogP contribution < -0.4 is 16.0 Å². The molecule has 1 saturated carbocycles. The number of nitrogens with zero attached hydrogens (tertiary/aromatic N) is 7. The van der Waals surface area contributed by atoms with Gasteiger partial charge < -0.3 is 35.2 Å². The molecule has 1 aliphatic carbocycles. The lowest BCUT2D eigenvalue weighted by Crippen LogP contribution is -2.47. The first-order valence-corrected chi connectivity index (χ1v) is 28.4. The van der Waals surface area contributed by atoms with E-state index in [2.05, 4.69) is 175 Å². The maximum Gasteiger partial charge on any atom is 0.0998 e. The van der Waals surface area contributed by atoms with Crippen LogP contribution in [-0.4, -0.2) is 96.7 Å². The molecule has 0 radical (unpaired) electrons. The van der Waals surface area contributed by atoms with Crippen molar-refractivity contribution >= 4 is 16.6 Å².